The van der Waals surface area contributed by atoms with Gasteiger partial charge in [-0.1, -0.05) is 36.4 Å². The molecule has 1 unspecified atom stereocenters. The zero-order chi connectivity index (χ0) is 13.0. The van der Waals surface area contributed by atoms with Gasteiger partial charge in [0.15, 0.2) is 0 Å². The Morgan fingerprint density at radius 1 is 1.06 bits per heavy atom. The van der Waals surface area contributed by atoms with E-state index in [4.69, 9.17) is 0 Å². The predicted molar refractivity (Wildman–Crippen MR) is 68.1 cm³/mol. The van der Waals surface area contributed by atoms with E-state index in [-0.39, 0.29) is 6.04 Å². The maximum atomic E-state index is 13.5. The fourth-order valence-electron chi connectivity index (χ4n) is 1.83. The second-order valence-electron chi connectivity index (χ2n) is 4.25. The van der Waals surface area contributed by atoms with Crippen LogP contribution in [0.25, 0.3) is 0 Å². The molecule has 0 amide bonds. The van der Waals surface area contributed by atoms with Gasteiger partial charge >= 0.3 is 0 Å². The molecule has 3 heteroatoms. The molecule has 0 aliphatic rings. The van der Waals surface area contributed by atoms with Crippen LogP contribution in [0.4, 0.5) is 8.78 Å². The van der Waals surface area contributed by atoms with Crippen molar-refractivity contribution in [2.75, 3.05) is 0 Å². The highest BCUT2D eigenvalue weighted by Gasteiger charge is 2.10. The average Bonchev–Trinajstić information content (AvgIpc) is 2.37. The molecule has 1 N–H and O–H groups in total. The van der Waals surface area contributed by atoms with Crippen LogP contribution in [-0.4, -0.2) is 0 Å². The van der Waals surface area contributed by atoms with E-state index in [9.17, 15) is 8.78 Å². The number of rotatable bonds is 4. The molecule has 94 valence electrons. The second-order valence-corrected chi connectivity index (χ2v) is 4.25. The number of nitrogens with one attached hydrogen (secondary N) is 1. The van der Waals surface area contributed by atoms with Crippen molar-refractivity contribution in [2.45, 2.75) is 19.5 Å². The predicted octanol–water partition coefficient (Wildman–Crippen LogP) is 3.82. The third-order valence-corrected chi connectivity index (χ3v) is 2.88. The van der Waals surface area contributed by atoms with Crippen LogP contribution in [0.15, 0.2) is 48.5 Å². The van der Waals surface area contributed by atoms with Crippen molar-refractivity contribution < 1.29 is 8.78 Å². The summed E-state index contributed by atoms with van der Waals surface area (Å²) in [6, 6.07) is 13.4. The topological polar surface area (TPSA) is 12.0 Å². The van der Waals surface area contributed by atoms with Crippen LogP contribution in [0.1, 0.15) is 24.1 Å². The van der Waals surface area contributed by atoms with Gasteiger partial charge in [0, 0.05) is 24.2 Å². The van der Waals surface area contributed by atoms with Crippen LogP contribution in [0.5, 0.6) is 0 Å². The van der Waals surface area contributed by atoms with Gasteiger partial charge in [0.05, 0.1) is 0 Å². The number of benzene rings is 2. The van der Waals surface area contributed by atoms with Crippen LogP contribution in [0.3, 0.4) is 0 Å². The van der Waals surface area contributed by atoms with Crippen molar-refractivity contribution in [1.29, 1.82) is 0 Å². The fourth-order valence-corrected chi connectivity index (χ4v) is 1.83. The first-order valence-electron chi connectivity index (χ1n) is 5.89. The average molecular weight is 247 g/mol. The Kier molecular flexibility index (Phi) is 4.05. The molecule has 0 heterocycles. The monoisotopic (exact) mass is 247 g/mol. The minimum absolute atomic E-state index is 0.161. The van der Waals surface area contributed by atoms with Gasteiger partial charge in [-0.25, -0.2) is 8.78 Å². The van der Waals surface area contributed by atoms with E-state index in [0.717, 1.165) is 11.6 Å². The Hall–Kier alpha value is -1.74. The molecule has 0 fully saturated rings. The maximum Gasteiger partial charge on any atom is 0.130 e. The lowest BCUT2D eigenvalue weighted by molar-refractivity contribution is 0.518. The summed E-state index contributed by atoms with van der Waals surface area (Å²) in [7, 11) is 0. The minimum atomic E-state index is -0.550. The molecule has 0 saturated carbocycles. The van der Waals surface area contributed by atoms with E-state index >= 15 is 0 Å². The molecule has 1 atom stereocenters. The van der Waals surface area contributed by atoms with Crippen LogP contribution in [0.2, 0.25) is 0 Å². The first-order chi connectivity index (χ1) is 8.66. The summed E-state index contributed by atoms with van der Waals surface area (Å²) in [5, 5.41) is 3.21. The molecule has 0 radical (unpaired) electrons. The van der Waals surface area contributed by atoms with E-state index in [0.29, 0.717) is 12.1 Å². The molecule has 18 heavy (non-hydrogen) atoms. The third-order valence-electron chi connectivity index (χ3n) is 2.88. The molecule has 0 bridgehead atoms. The largest absolute Gasteiger partial charge is 0.306 e. The first-order valence-corrected chi connectivity index (χ1v) is 5.89. The van der Waals surface area contributed by atoms with E-state index < -0.39 is 11.6 Å². The highest BCUT2D eigenvalue weighted by Crippen LogP contribution is 2.18. The lowest BCUT2D eigenvalue weighted by atomic mass is 10.1. The molecule has 0 spiro atoms. The quantitative estimate of drug-likeness (QED) is 0.866. The molecule has 2 rings (SSSR count). The maximum absolute atomic E-state index is 13.5. The van der Waals surface area contributed by atoms with E-state index in [1.165, 1.54) is 12.1 Å². The molecule has 2 aromatic rings. The van der Waals surface area contributed by atoms with Crippen LogP contribution in [0, 0.1) is 11.6 Å². The van der Waals surface area contributed by atoms with Gasteiger partial charge < -0.3 is 5.32 Å². The molecule has 0 aromatic heterocycles. The Labute approximate surface area is 105 Å². The first kappa shape index (κ1) is 12.7. The standard InChI is InChI=1S/C15H15F2N/c1-11(14-8-7-13(16)9-15(14)17)18-10-12-5-3-2-4-6-12/h2-9,11,18H,10H2,1H3. The molecule has 0 saturated heterocycles. The summed E-state index contributed by atoms with van der Waals surface area (Å²) >= 11 is 0. The third kappa shape index (κ3) is 3.14. The van der Waals surface area contributed by atoms with Gasteiger partial charge in [-0.15, -0.1) is 0 Å². The van der Waals surface area contributed by atoms with Crippen LogP contribution < -0.4 is 5.32 Å². The van der Waals surface area contributed by atoms with Gasteiger partial charge in [-0.2, -0.15) is 0 Å². The van der Waals surface area contributed by atoms with Crippen LogP contribution >= 0.6 is 0 Å². The normalized spacial score (nSPS) is 12.4. The fraction of sp³-hybridized carbons (Fsp3) is 0.200. The summed E-state index contributed by atoms with van der Waals surface area (Å²) in [4.78, 5) is 0. The Bertz CT molecular complexity index is 511. The number of hydrogen-bond donors (Lipinski definition) is 1. The van der Waals surface area contributed by atoms with Crippen molar-refractivity contribution in [3.05, 3.63) is 71.3 Å². The minimum Gasteiger partial charge on any atom is -0.306 e. The lowest BCUT2D eigenvalue weighted by Gasteiger charge is -2.15. The zero-order valence-corrected chi connectivity index (χ0v) is 10.2. The molecular formula is C15H15F2N. The van der Waals surface area contributed by atoms with Crippen molar-refractivity contribution in [2.24, 2.45) is 0 Å². The molecular weight excluding hydrogens is 232 g/mol. The van der Waals surface area contributed by atoms with Gasteiger partial charge in [0.2, 0.25) is 0 Å². The highest BCUT2D eigenvalue weighted by molar-refractivity contribution is 5.22. The molecule has 0 aliphatic heterocycles. The summed E-state index contributed by atoms with van der Waals surface area (Å²) in [6.45, 7) is 2.51. The number of hydrogen-bond acceptors (Lipinski definition) is 1. The molecule has 0 aliphatic carbocycles. The van der Waals surface area contributed by atoms with E-state index in [2.05, 4.69) is 5.32 Å². The molecule has 1 nitrogen and oxygen atoms in total. The second kappa shape index (κ2) is 5.74. The Balaban J connectivity index is 2.01. The Morgan fingerprint density at radius 2 is 1.78 bits per heavy atom. The smallest absolute Gasteiger partial charge is 0.130 e. The van der Waals surface area contributed by atoms with Crippen molar-refractivity contribution >= 4 is 0 Å². The summed E-state index contributed by atoms with van der Waals surface area (Å²) < 4.78 is 26.3. The van der Waals surface area contributed by atoms with Crippen molar-refractivity contribution in [3.63, 3.8) is 0 Å². The van der Waals surface area contributed by atoms with Crippen LogP contribution in [-0.2, 0) is 6.54 Å². The van der Waals surface area contributed by atoms with Crippen molar-refractivity contribution in [3.8, 4) is 0 Å². The summed E-state index contributed by atoms with van der Waals surface area (Å²) in [6.07, 6.45) is 0. The summed E-state index contributed by atoms with van der Waals surface area (Å²) in [5.41, 5.74) is 1.61. The van der Waals surface area contributed by atoms with Gasteiger partial charge in [0.25, 0.3) is 0 Å². The van der Waals surface area contributed by atoms with Gasteiger partial charge in [-0.05, 0) is 18.6 Å². The van der Waals surface area contributed by atoms with E-state index in [1.807, 2.05) is 37.3 Å². The number of halogens is 2. The lowest BCUT2D eigenvalue weighted by Crippen LogP contribution is -2.19. The van der Waals surface area contributed by atoms with E-state index in [1.54, 1.807) is 0 Å². The summed E-state index contributed by atoms with van der Waals surface area (Å²) in [5.74, 6) is -1.06. The highest BCUT2D eigenvalue weighted by atomic mass is 19.1. The van der Waals surface area contributed by atoms with Crippen molar-refractivity contribution in [1.82, 2.24) is 5.32 Å². The Morgan fingerprint density at radius 3 is 2.44 bits per heavy atom. The molecule has 2 aromatic carbocycles. The van der Waals surface area contributed by atoms with Gasteiger partial charge in [-0.3, -0.25) is 0 Å². The zero-order valence-electron chi connectivity index (χ0n) is 10.2. The van der Waals surface area contributed by atoms with Gasteiger partial charge in [0.1, 0.15) is 11.6 Å². The SMILES string of the molecule is CC(NCc1ccccc1)c1ccc(F)cc1F.